The third-order valence-electron chi connectivity index (χ3n) is 4.69. The van der Waals surface area contributed by atoms with Gasteiger partial charge in [-0.05, 0) is 18.6 Å². The second-order valence-corrected chi connectivity index (χ2v) is 7.27. The van der Waals surface area contributed by atoms with Crippen molar-refractivity contribution in [2.75, 3.05) is 0 Å². The number of carbonyl (C=O) groups is 1. The molecule has 0 fully saturated rings. The van der Waals surface area contributed by atoms with Gasteiger partial charge in [0.15, 0.2) is 0 Å². The molecule has 138 valence electrons. The Morgan fingerprint density at radius 1 is 1.37 bits per heavy atom. The predicted molar refractivity (Wildman–Crippen MR) is 103 cm³/mol. The van der Waals surface area contributed by atoms with Gasteiger partial charge in [0.05, 0.1) is 10.9 Å². The number of thiophene rings is 1. The van der Waals surface area contributed by atoms with Crippen LogP contribution in [0.2, 0.25) is 0 Å². The zero-order valence-corrected chi connectivity index (χ0v) is 15.5. The molecule has 4 aromatic heterocycles. The summed E-state index contributed by atoms with van der Waals surface area (Å²) in [7, 11) is 1.37. The average Bonchev–Trinajstić information content (AvgIpc) is 3.23. The second-order valence-electron chi connectivity index (χ2n) is 6.19. The molecule has 0 aliphatic carbocycles. The highest BCUT2D eigenvalue weighted by Gasteiger charge is 2.25. The van der Waals surface area contributed by atoms with Crippen molar-refractivity contribution in [3.8, 4) is 0 Å². The first-order valence-electron chi connectivity index (χ1n) is 8.32. The van der Waals surface area contributed by atoms with E-state index >= 15 is 0 Å². The van der Waals surface area contributed by atoms with Crippen molar-refractivity contribution < 1.29 is 9.90 Å². The van der Waals surface area contributed by atoms with Gasteiger partial charge in [0.2, 0.25) is 0 Å². The van der Waals surface area contributed by atoms with E-state index in [0.29, 0.717) is 22.7 Å². The molecule has 0 spiro atoms. The summed E-state index contributed by atoms with van der Waals surface area (Å²) < 4.78 is 2.40. The maximum Gasteiger partial charge on any atom is 0.337 e. The number of hydrogen-bond donors (Lipinski definition) is 2. The van der Waals surface area contributed by atoms with Crippen molar-refractivity contribution in [2.45, 2.75) is 19.9 Å². The van der Waals surface area contributed by atoms with Crippen molar-refractivity contribution in [2.24, 2.45) is 7.05 Å². The molecule has 4 aromatic rings. The maximum absolute atomic E-state index is 12.6. The van der Waals surface area contributed by atoms with Crippen LogP contribution in [-0.4, -0.2) is 30.2 Å². The smallest absolute Gasteiger partial charge is 0.337 e. The van der Waals surface area contributed by atoms with Crippen molar-refractivity contribution in [1.82, 2.24) is 19.1 Å². The van der Waals surface area contributed by atoms with E-state index in [2.05, 4.69) is 9.97 Å². The van der Waals surface area contributed by atoms with Gasteiger partial charge in [-0.3, -0.25) is 18.9 Å². The van der Waals surface area contributed by atoms with Crippen LogP contribution in [0.5, 0.6) is 0 Å². The van der Waals surface area contributed by atoms with Crippen molar-refractivity contribution in [1.29, 1.82) is 0 Å². The van der Waals surface area contributed by atoms with Gasteiger partial charge in [-0.25, -0.2) is 9.59 Å². The predicted octanol–water partition coefficient (Wildman–Crippen LogP) is 1.95. The molecule has 9 heteroatoms. The molecule has 0 aliphatic rings. The van der Waals surface area contributed by atoms with Crippen LogP contribution in [0.4, 0.5) is 0 Å². The number of H-pyrrole nitrogens is 1. The second kappa shape index (κ2) is 6.20. The van der Waals surface area contributed by atoms with Gasteiger partial charge >= 0.3 is 11.7 Å². The van der Waals surface area contributed by atoms with Crippen LogP contribution < -0.4 is 11.2 Å². The van der Waals surface area contributed by atoms with Crippen LogP contribution in [0.25, 0.3) is 21.1 Å². The van der Waals surface area contributed by atoms with Gasteiger partial charge in [0, 0.05) is 54.4 Å². The molecule has 4 heterocycles. The summed E-state index contributed by atoms with van der Waals surface area (Å²) in [6.45, 7) is 2.13. The topological polar surface area (TPSA) is 110 Å². The number of rotatable bonds is 4. The lowest BCUT2D eigenvalue weighted by molar-refractivity contribution is 0.0698. The number of carboxylic acids is 1. The summed E-state index contributed by atoms with van der Waals surface area (Å²) in [6.07, 6.45) is 5.53. The normalized spacial score (nSPS) is 11.5. The maximum atomic E-state index is 12.6. The summed E-state index contributed by atoms with van der Waals surface area (Å²) >= 11 is 1.18. The van der Waals surface area contributed by atoms with Crippen LogP contribution in [-0.2, 0) is 20.0 Å². The van der Waals surface area contributed by atoms with Gasteiger partial charge in [0.1, 0.15) is 4.83 Å². The third-order valence-corrected chi connectivity index (χ3v) is 5.91. The number of pyridine rings is 1. The van der Waals surface area contributed by atoms with E-state index in [9.17, 15) is 19.5 Å². The van der Waals surface area contributed by atoms with Gasteiger partial charge in [-0.1, -0.05) is 0 Å². The first-order chi connectivity index (χ1) is 12.9. The number of aromatic amines is 1. The van der Waals surface area contributed by atoms with E-state index < -0.39 is 17.2 Å². The summed E-state index contributed by atoms with van der Waals surface area (Å²) in [6, 6.07) is 1.84. The van der Waals surface area contributed by atoms with Crippen LogP contribution in [0, 0.1) is 0 Å². The molecule has 8 nitrogen and oxygen atoms in total. The lowest BCUT2D eigenvalue weighted by atomic mass is 10.1. The van der Waals surface area contributed by atoms with Crippen molar-refractivity contribution >= 4 is 38.4 Å². The SMILES string of the molecule is CCn1c(=O)n(C)c(=O)c2c(C(=O)O)c(Cc3c[nH]c4ccncc34)sc21. The third kappa shape index (κ3) is 2.50. The molecule has 4 rings (SSSR count). The zero-order valence-electron chi connectivity index (χ0n) is 14.6. The minimum absolute atomic E-state index is 0.0314. The highest BCUT2D eigenvalue weighted by atomic mass is 32.1. The monoisotopic (exact) mass is 384 g/mol. The van der Waals surface area contributed by atoms with Crippen LogP contribution in [0.15, 0.2) is 34.2 Å². The molecule has 2 N–H and O–H groups in total. The largest absolute Gasteiger partial charge is 0.478 e. The minimum Gasteiger partial charge on any atom is -0.478 e. The van der Waals surface area contributed by atoms with Crippen LogP contribution in [0.3, 0.4) is 0 Å². The first-order valence-corrected chi connectivity index (χ1v) is 9.14. The fraction of sp³-hybridized carbons (Fsp3) is 0.222. The number of nitrogens with zero attached hydrogens (tertiary/aromatic N) is 3. The number of aromatic carboxylic acids is 1. The van der Waals surface area contributed by atoms with E-state index in [1.165, 1.54) is 23.0 Å². The average molecular weight is 384 g/mol. The minimum atomic E-state index is -1.17. The summed E-state index contributed by atoms with van der Waals surface area (Å²) in [5.41, 5.74) is 0.723. The Labute approximate surface area is 156 Å². The van der Waals surface area contributed by atoms with E-state index in [0.717, 1.165) is 21.0 Å². The fourth-order valence-electron chi connectivity index (χ4n) is 3.34. The zero-order chi connectivity index (χ0) is 19.3. The van der Waals surface area contributed by atoms with Gasteiger partial charge < -0.3 is 10.1 Å². The highest BCUT2D eigenvalue weighted by Crippen LogP contribution is 2.32. The molecule has 0 bridgehead atoms. The van der Waals surface area contributed by atoms with Crippen LogP contribution >= 0.6 is 11.3 Å². The summed E-state index contributed by atoms with van der Waals surface area (Å²) in [5.74, 6) is -1.17. The number of carboxylic acid groups (broad SMARTS) is 1. The number of nitrogens with one attached hydrogen (secondary N) is 1. The van der Waals surface area contributed by atoms with E-state index in [-0.39, 0.29) is 10.9 Å². The highest BCUT2D eigenvalue weighted by molar-refractivity contribution is 7.19. The van der Waals surface area contributed by atoms with E-state index in [4.69, 9.17) is 0 Å². The number of fused-ring (bicyclic) bond motifs is 2. The Bertz CT molecular complexity index is 1330. The Morgan fingerprint density at radius 3 is 2.85 bits per heavy atom. The molecule has 0 amide bonds. The standard InChI is InChI=1S/C18H16N4O4S/c1-3-22-16-14(15(23)21(2)18(22)26)13(17(24)25)12(27-16)6-9-7-20-11-4-5-19-8-10(9)11/h4-5,7-8,20H,3,6H2,1-2H3,(H,24,25). The van der Waals surface area contributed by atoms with Gasteiger partial charge in [-0.15, -0.1) is 11.3 Å². The fourth-order valence-corrected chi connectivity index (χ4v) is 4.71. The molecular formula is C18H16N4O4S. The molecule has 0 radical (unpaired) electrons. The quantitative estimate of drug-likeness (QED) is 0.559. The Hall–Kier alpha value is -3.20. The lowest BCUT2D eigenvalue weighted by Crippen LogP contribution is -2.37. The Kier molecular flexibility index (Phi) is 3.96. The molecule has 0 saturated heterocycles. The summed E-state index contributed by atoms with van der Waals surface area (Å²) in [5, 5.41) is 10.8. The van der Waals surface area contributed by atoms with Crippen LogP contribution in [0.1, 0.15) is 27.7 Å². The summed E-state index contributed by atoms with van der Waals surface area (Å²) in [4.78, 5) is 45.2. The van der Waals surface area contributed by atoms with E-state index in [1.807, 2.05) is 12.3 Å². The Morgan fingerprint density at radius 2 is 2.15 bits per heavy atom. The van der Waals surface area contributed by atoms with E-state index in [1.54, 1.807) is 19.3 Å². The molecule has 0 aliphatic heterocycles. The first kappa shape index (κ1) is 17.2. The molecule has 27 heavy (non-hydrogen) atoms. The number of aromatic nitrogens is 4. The van der Waals surface area contributed by atoms with Crippen molar-refractivity contribution in [3.05, 3.63) is 61.5 Å². The number of aryl methyl sites for hydroxylation is 1. The molecule has 0 saturated carbocycles. The molecule has 0 atom stereocenters. The Balaban J connectivity index is 2.02. The molecular weight excluding hydrogens is 368 g/mol. The van der Waals surface area contributed by atoms with Crippen molar-refractivity contribution in [3.63, 3.8) is 0 Å². The molecule has 0 unspecified atom stereocenters. The molecule has 0 aromatic carbocycles. The number of hydrogen-bond acceptors (Lipinski definition) is 5. The lowest BCUT2D eigenvalue weighted by Gasteiger charge is -2.06. The van der Waals surface area contributed by atoms with Gasteiger partial charge in [-0.2, -0.15) is 0 Å². The van der Waals surface area contributed by atoms with Gasteiger partial charge in [0.25, 0.3) is 5.56 Å².